The van der Waals surface area contributed by atoms with Crippen molar-refractivity contribution in [3.63, 3.8) is 0 Å². The highest BCUT2D eigenvalue weighted by atomic mass is 32.2. The molecule has 0 saturated heterocycles. The molecule has 114 valence electrons. The first-order valence-corrected chi connectivity index (χ1v) is 8.63. The van der Waals surface area contributed by atoms with E-state index in [4.69, 9.17) is 10.00 Å². The predicted octanol–water partition coefficient (Wildman–Crippen LogP) is 2.10. The standard InChI is InChI=1S/C15H20N2O3S/c1-12-10-15(7-6-13(12)11-16)21(18,19)17-8-9-20-14-4-2-3-5-14/h6-7,10,14,17H,2-5,8-9H2,1H3. The van der Waals surface area contributed by atoms with Gasteiger partial charge in [-0.15, -0.1) is 0 Å². The molecule has 1 N–H and O–H groups in total. The molecule has 1 aliphatic rings. The molecule has 0 spiro atoms. The minimum atomic E-state index is -3.54. The Morgan fingerprint density at radius 1 is 1.38 bits per heavy atom. The summed E-state index contributed by atoms with van der Waals surface area (Å²) in [7, 11) is -3.54. The molecular weight excluding hydrogens is 288 g/mol. The second kappa shape index (κ2) is 7.03. The lowest BCUT2D eigenvalue weighted by molar-refractivity contribution is 0.0626. The van der Waals surface area contributed by atoms with Crippen molar-refractivity contribution in [3.05, 3.63) is 29.3 Å². The van der Waals surface area contributed by atoms with E-state index in [2.05, 4.69) is 4.72 Å². The number of rotatable bonds is 6. The number of nitrogens with one attached hydrogen (secondary N) is 1. The maximum Gasteiger partial charge on any atom is 0.240 e. The van der Waals surface area contributed by atoms with E-state index in [-0.39, 0.29) is 17.5 Å². The lowest BCUT2D eigenvalue weighted by atomic mass is 10.1. The Morgan fingerprint density at radius 3 is 2.71 bits per heavy atom. The molecule has 0 atom stereocenters. The SMILES string of the molecule is Cc1cc(S(=O)(=O)NCCOC2CCCC2)ccc1C#N. The fourth-order valence-corrected chi connectivity index (χ4v) is 3.57. The molecule has 0 amide bonds. The van der Waals surface area contributed by atoms with Gasteiger partial charge in [-0.3, -0.25) is 0 Å². The van der Waals surface area contributed by atoms with Crippen LogP contribution in [0.25, 0.3) is 0 Å². The molecule has 0 aromatic heterocycles. The number of nitriles is 1. The van der Waals surface area contributed by atoms with Crippen LogP contribution in [0, 0.1) is 18.3 Å². The van der Waals surface area contributed by atoms with E-state index in [1.165, 1.54) is 31.0 Å². The Bertz CT molecular complexity index is 629. The summed E-state index contributed by atoms with van der Waals surface area (Å²) < 4.78 is 32.4. The van der Waals surface area contributed by atoms with Crippen LogP contribution in [0.15, 0.2) is 23.1 Å². The van der Waals surface area contributed by atoms with Crippen LogP contribution in [-0.2, 0) is 14.8 Å². The second-order valence-corrected chi connectivity index (χ2v) is 7.03. The molecular formula is C15H20N2O3S. The van der Waals surface area contributed by atoms with E-state index in [0.29, 0.717) is 17.7 Å². The molecule has 0 bridgehead atoms. The van der Waals surface area contributed by atoms with Gasteiger partial charge < -0.3 is 4.74 Å². The highest BCUT2D eigenvalue weighted by molar-refractivity contribution is 7.89. The Hall–Kier alpha value is -1.42. The van der Waals surface area contributed by atoms with Gasteiger partial charge in [-0.05, 0) is 43.5 Å². The number of ether oxygens (including phenoxy) is 1. The van der Waals surface area contributed by atoms with Crippen LogP contribution >= 0.6 is 0 Å². The van der Waals surface area contributed by atoms with Crippen molar-refractivity contribution in [2.24, 2.45) is 0 Å². The topological polar surface area (TPSA) is 79.2 Å². The number of hydrogen-bond acceptors (Lipinski definition) is 4. The van der Waals surface area contributed by atoms with E-state index in [0.717, 1.165) is 12.8 Å². The first-order valence-electron chi connectivity index (χ1n) is 7.15. The van der Waals surface area contributed by atoms with Gasteiger partial charge in [-0.1, -0.05) is 12.8 Å². The number of sulfonamides is 1. The molecule has 1 fully saturated rings. The van der Waals surface area contributed by atoms with Gasteiger partial charge in [-0.25, -0.2) is 13.1 Å². The van der Waals surface area contributed by atoms with Crippen LogP contribution in [0.1, 0.15) is 36.8 Å². The Balaban J connectivity index is 1.89. The molecule has 0 radical (unpaired) electrons. The molecule has 0 aliphatic heterocycles. The zero-order valence-electron chi connectivity index (χ0n) is 12.1. The summed E-state index contributed by atoms with van der Waals surface area (Å²) >= 11 is 0. The number of benzene rings is 1. The predicted molar refractivity (Wildman–Crippen MR) is 79.3 cm³/mol. The van der Waals surface area contributed by atoms with E-state index in [1.807, 2.05) is 6.07 Å². The number of aryl methyl sites for hydroxylation is 1. The molecule has 6 heteroatoms. The summed E-state index contributed by atoms with van der Waals surface area (Å²) in [6, 6.07) is 6.51. The third-order valence-corrected chi connectivity index (χ3v) is 5.14. The van der Waals surface area contributed by atoms with Crippen molar-refractivity contribution in [1.82, 2.24) is 4.72 Å². The van der Waals surface area contributed by atoms with Crippen molar-refractivity contribution in [1.29, 1.82) is 5.26 Å². The van der Waals surface area contributed by atoms with E-state index >= 15 is 0 Å². The number of hydrogen-bond donors (Lipinski definition) is 1. The Morgan fingerprint density at radius 2 is 2.10 bits per heavy atom. The van der Waals surface area contributed by atoms with Crippen molar-refractivity contribution in [2.45, 2.75) is 43.6 Å². The van der Waals surface area contributed by atoms with E-state index < -0.39 is 10.0 Å². The van der Waals surface area contributed by atoms with Gasteiger partial charge in [-0.2, -0.15) is 5.26 Å². The molecule has 21 heavy (non-hydrogen) atoms. The quantitative estimate of drug-likeness (QED) is 0.816. The van der Waals surface area contributed by atoms with Crippen LogP contribution in [-0.4, -0.2) is 27.7 Å². The molecule has 2 rings (SSSR count). The first-order chi connectivity index (χ1) is 10.0. The van der Waals surface area contributed by atoms with Crippen LogP contribution in [0.3, 0.4) is 0 Å². The van der Waals surface area contributed by atoms with Crippen molar-refractivity contribution < 1.29 is 13.2 Å². The molecule has 1 saturated carbocycles. The molecule has 1 aliphatic carbocycles. The van der Waals surface area contributed by atoms with Gasteiger partial charge >= 0.3 is 0 Å². The molecule has 0 heterocycles. The average molecular weight is 308 g/mol. The van der Waals surface area contributed by atoms with E-state index in [1.54, 1.807) is 6.92 Å². The van der Waals surface area contributed by atoms with Gasteiger partial charge in [0.15, 0.2) is 0 Å². The monoisotopic (exact) mass is 308 g/mol. The van der Waals surface area contributed by atoms with Crippen molar-refractivity contribution >= 4 is 10.0 Å². The summed E-state index contributed by atoms with van der Waals surface area (Å²) in [5.74, 6) is 0. The fraction of sp³-hybridized carbons (Fsp3) is 0.533. The van der Waals surface area contributed by atoms with Gasteiger partial charge in [0.2, 0.25) is 10.0 Å². The van der Waals surface area contributed by atoms with Crippen LogP contribution < -0.4 is 4.72 Å². The Kier molecular flexibility index (Phi) is 5.34. The minimum absolute atomic E-state index is 0.180. The summed E-state index contributed by atoms with van der Waals surface area (Å²) in [6.45, 7) is 2.37. The van der Waals surface area contributed by atoms with Gasteiger partial charge in [0.05, 0.1) is 29.2 Å². The van der Waals surface area contributed by atoms with Crippen LogP contribution in [0.4, 0.5) is 0 Å². The zero-order chi connectivity index (χ0) is 15.3. The molecule has 1 aromatic carbocycles. The summed E-state index contributed by atoms with van der Waals surface area (Å²) in [5.41, 5.74) is 1.14. The number of nitrogens with zero attached hydrogens (tertiary/aromatic N) is 1. The van der Waals surface area contributed by atoms with Gasteiger partial charge in [0, 0.05) is 6.54 Å². The maximum atomic E-state index is 12.1. The first kappa shape index (κ1) is 16.0. The van der Waals surface area contributed by atoms with Crippen molar-refractivity contribution in [2.75, 3.05) is 13.2 Å². The minimum Gasteiger partial charge on any atom is -0.377 e. The maximum absolute atomic E-state index is 12.1. The van der Waals surface area contributed by atoms with Crippen LogP contribution in [0.5, 0.6) is 0 Å². The van der Waals surface area contributed by atoms with Gasteiger partial charge in [0.1, 0.15) is 0 Å². The lowest BCUT2D eigenvalue weighted by Gasteiger charge is -2.12. The average Bonchev–Trinajstić information content (AvgIpc) is 2.97. The third kappa shape index (κ3) is 4.27. The van der Waals surface area contributed by atoms with Crippen molar-refractivity contribution in [3.8, 4) is 6.07 Å². The zero-order valence-corrected chi connectivity index (χ0v) is 12.9. The molecule has 0 unspecified atom stereocenters. The normalized spacial score (nSPS) is 16.0. The highest BCUT2D eigenvalue weighted by Crippen LogP contribution is 2.20. The third-order valence-electron chi connectivity index (χ3n) is 3.68. The summed E-state index contributed by atoms with van der Waals surface area (Å²) in [4.78, 5) is 0.180. The fourth-order valence-electron chi connectivity index (χ4n) is 2.47. The largest absolute Gasteiger partial charge is 0.377 e. The summed E-state index contributed by atoms with van der Waals surface area (Å²) in [6.07, 6.45) is 4.82. The molecule has 1 aromatic rings. The summed E-state index contributed by atoms with van der Waals surface area (Å²) in [5, 5.41) is 8.86. The molecule has 5 nitrogen and oxygen atoms in total. The lowest BCUT2D eigenvalue weighted by Crippen LogP contribution is -2.28. The van der Waals surface area contributed by atoms with Crippen LogP contribution in [0.2, 0.25) is 0 Å². The second-order valence-electron chi connectivity index (χ2n) is 5.26. The van der Waals surface area contributed by atoms with Gasteiger partial charge in [0.25, 0.3) is 0 Å². The smallest absolute Gasteiger partial charge is 0.240 e. The van der Waals surface area contributed by atoms with E-state index in [9.17, 15) is 8.42 Å². The highest BCUT2D eigenvalue weighted by Gasteiger charge is 2.17. The Labute approximate surface area is 126 Å².